The minimum atomic E-state index is -0.519. The smallest absolute Gasteiger partial charge is 0.0819 e. The van der Waals surface area contributed by atoms with E-state index in [9.17, 15) is 5.11 Å². The van der Waals surface area contributed by atoms with Crippen LogP contribution in [0, 0.1) is 5.92 Å². The highest BCUT2D eigenvalue weighted by molar-refractivity contribution is 5.41. The number of anilines is 1. The zero-order valence-corrected chi connectivity index (χ0v) is 10.5. The summed E-state index contributed by atoms with van der Waals surface area (Å²) in [6.45, 7) is 2.89. The highest BCUT2D eigenvalue weighted by atomic mass is 16.3. The topological polar surface area (TPSA) is 45.1 Å². The summed E-state index contributed by atoms with van der Waals surface area (Å²) in [5.41, 5.74) is 0.514. The van der Waals surface area contributed by atoms with E-state index in [1.54, 1.807) is 12.4 Å². The molecule has 1 aliphatic rings. The van der Waals surface area contributed by atoms with Crippen molar-refractivity contribution in [3.8, 4) is 0 Å². The summed E-state index contributed by atoms with van der Waals surface area (Å²) in [6.07, 6.45) is 8.93. The maximum Gasteiger partial charge on any atom is 0.0819 e. The van der Waals surface area contributed by atoms with Crippen LogP contribution in [0.4, 0.5) is 5.69 Å². The highest BCUT2D eigenvalue weighted by Gasteiger charge is 2.32. The Morgan fingerprint density at radius 1 is 1.35 bits per heavy atom. The molecule has 2 N–H and O–H groups in total. The molecule has 0 aliphatic heterocycles. The standard InChI is InChI=1S/C14H22N2O/c1-2-12-3-7-14(17,8-4-12)11-16-13-5-9-15-10-6-13/h5-6,9-10,12,17H,2-4,7-8,11H2,1H3,(H,15,16). The molecule has 0 bridgehead atoms. The molecule has 17 heavy (non-hydrogen) atoms. The van der Waals surface area contributed by atoms with Gasteiger partial charge in [0.05, 0.1) is 5.60 Å². The summed E-state index contributed by atoms with van der Waals surface area (Å²) >= 11 is 0. The summed E-state index contributed by atoms with van der Waals surface area (Å²) in [5, 5.41) is 13.8. The Kier molecular flexibility index (Phi) is 4.00. The fraction of sp³-hybridized carbons (Fsp3) is 0.643. The van der Waals surface area contributed by atoms with Gasteiger partial charge < -0.3 is 10.4 Å². The van der Waals surface area contributed by atoms with Crippen LogP contribution >= 0.6 is 0 Å². The highest BCUT2D eigenvalue weighted by Crippen LogP contribution is 2.33. The lowest BCUT2D eigenvalue weighted by molar-refractivity contribution is 0.00229. The molecule has 0 amide bonds. The number of pyridine rings is 1. The first-order valence-corrected chi connectivity index (χ1v) is 6.58. The molecule has 1 fully saturated rings. The first kappa shape index (κ1) is 12.4. The van der Waals surface area contributed by atoms with Gasteiger partial charge in [-0.1, -0.05) is 13.3 Å². The van der Waals surface area contributed by atoms with Gasteiger partial charge >= 0.3 is 0 Å². The summed E-state index contributed by atoms with van der Waals surface area (Å²) in [5.74, 6) is 0.816. The molecule has 0 saturated heterocycles. The number of nitrogens with zero attached hydrogens (tertiary/aromatic N) is 1. The molecule has 2 rings (SSSR count). The summed E-state index contributed by atoms with van der Waals surface area (Å²) in [7, 11) is 0. The van der Waals surface area contributed by atoms with E-state index in [1.165, 1.54) is 6.42 Å². The third-order valence-corrected chi connectivity index (χ3v) is 3.92. The molecule has 0 spiro atoms. The van der Waals surface area contributed by atoms with Crippen molar-refractivity contribution < 1.29 is 5.11 Å². The van der Waals surface area contributed by atoms with E-state index in [1.807, 2.05) is 12.1 Å². The van der Waals surface area contributed by atoms with Crippen LogP contribution in [-0.4, -0.2) is 22.2 Å². The maximum atomic E-state index is 10.5. The fourth-order valence-corrected chi connectivity index (χ4v) is 2.54. The molecule has 1 aromatic heterocycles. The zero-order chi connectivity index (χ0) is 12.1. The predicted molar refractivity (Wildman–Crippen MR) is 69.9 cm³/mol. The van der Waals surface area contributed by atoms with E-state index in [0.717, 1.165) is 37.3 Å². The van der Waals surface area contributed by atoms with Crippen LogP contribution < -0.4 is 5.32 Å². The average molecular weight is 234 g/mol. The Bertz CT molecular complexity index is 331. The Hall–Kier alpha value is -1.09. The van der Waals surface area contributed by atoms with E-state index in [0.29, 0.717) is 6.54 Å². The van der Waals surface area contributed by atoms with Gasteiger partial charge in [0.25, 0.3) is 0 Å². The molecule has 94 valence electrons. The van der Waals surface area contributed by atoms with E-state index in [4.69, 9.17) is 0 Å². The van der Waals surface area contributed by atoms with Gasteiger partial charge in [0.2, 0.25) is 0 Å². The van der Waals surface area contributed by atoms with Gasteiger partial charge in [-0.25, -0.2) is 0 Å². The minimum Gasteiger partial charge on any atom is -0.388 e. The summed E-state index contributed by atoms with van der Waals surface area (Å²) < 4.78 is 0. The number of nitrogens with one attached hydrogen (secondary N) is 1. The van der Waals surface area contributed by atoms with Crippen molar-refractivity contribution in [1.29, 1.82) is 0 Å². The molecule has 1 aliphatic carbocycles. The normalized spacial score (nSPS) is 28.9. The van der Waals surface area contributed by atoms with Crippen LogP contribution in [0.25, 0.3) is 0 Å². The van der Waals surface area contributed by atoms with Crippen LogP contribution in [0.1, 0.15) is 39.0 Å². The van der Waals surface area contributed by atoms with Gasteiger partial charge in [0, 0.05) is 24.6 Å². The third-order valence-electron chi connectivity index (χ3n) is 3.92. The first-order valence-electron chi connectivity index (χ1n) is 6.58. The summed E-state index contributed by atoms with van der Waals surface area (Å²) in [6, 6.07) is 3.86. The third kappa shape index (κ3) is 3.43. The van der Waals surface area contributed by atoms with E-state index in [-0.39, 0.29) is 0 Å². The van der Waals surface area contributed by atoms with Crippen LogP contribution in [0.5, 0.6) is 0 Å². The molecule has 1 aromatic rings. The second kappa shape index (κ2) is 5.50. The SMILES string of the molecule is CCC1CCC(O)(CNc2ccncc2)CC1. The van der Waals surface area contributed by atoms with Crippen LogP contribution in [0.2, 0.25) is 0 Å². The second-order valence-corrected chi connectivity index (χ2v) is 5.17. The first-order chi connectivity index (χ1) is 8.22. The molecular formula is C14H22N2O. The number of rotatable bonds is 4. The molecule has 1 saturated carbocycles. The lowest BCUT2D eigenvalue weighted by Gasteiger charge is -2.36. The van der Waals surface area contributed by atoms with Crippen LogP contribution in [0.3, 0.4) is 0 Å². The molecule has 0 unspecified atom stereocenters. The fourth-order valence-electron chi connectivity index (χ4n) is 2.54. The molecule has 3 nitrogen and oxygen atoms in total. The number of hydrogen-bond acceptors (Lipinski definition) is 3. The van der Waals surface area contributed by atoms with Crippen molar-refractivity contribution in [2.45, 2.75) is 44.6 Å². The predicted octanol–water partition coefficient (Wildman–Crippen LogP) is 2.82. The largest absolute Gasteiger partial charge is 0.388 e. The van der Waals surface area contributed by atoms with Crippen LogP contribution in [0.15, 0.2) is 24.5 Å². The van der Waals surface area contributed by atoms with Crippen molar-refractivity contribution in [1.82, 2.24) is 4.98 Å². The summed E-state index contributed by atoms with van der Waals surface area (Å²) in [4.78, 5) is 3.98. The Morgan fingerprint density at radius 3 is 2.59 bits per heavy atom. The zero-order valence-electron chi connectivity index (χ0n) is 10.5. The van der Waals surface area contributed by atoms with Crippen molar-refractivity contribution in [3.63, 3.8) is 0 Å². The van der Waals surface area contributed by atoms with Crippen molar-refractivity contribution in [2.75, 3.05) is 11.9 Å². The van der Waals surface area contributed by atoms with E-state index >= 15 is 0 Å². The minimum absolute atomic E-state index is 0.519. The monoisotopic (exact) mass is 234 g/mol. The molecular weight excluding hydrogens is 212 g/mol. The van der Waals surface area contributed by atoms with Crippen molar-refractivity contribution in [3.05, 3.63) is 24.5 Å². The lowest BCUT2D eigenvalue weighted by Crippen LogP contribution is -2.40. The van der Waals surface area contributed by atoms with Crippen molar-refractivity contribution >= 4 is 5.69 Å². The van der Waals surface area contributed by atoms with Gasteiger partial charge in [-0.2, -0.15) is 0 Å². The quantitative estimate of drug-likeness (QED) is 0.842. The number of aliphatic hydroxyl groups is 1. The Labute approximate surface area is 103 Å². The molecule has 0 atom stereocenters. The number of aromatic nitrogens is 1. The molecule has 3 heteroatoms. The average Bonchev–Trinajstić information content (AvgIpc) is 2.39. The van der Waals surface area contributed by atoms with Gasteiger partial charge in [0.15, 0.2) is 0 Å². The van der Waals surface area contributed by atoms with Gasteiger partial charge in [-0.05, 0) is 43.7 Å². The number of hydrogen-bond donors (Lipinski definition) is 2. The van der Waals surface area contributed by atoms with Crippen LogP contribution in [-0.2, 0) is 0 Å². The molecule has 1 heterocycles. The lowest BCUT2D eigenvalue weighted by atomic mass is 9.78. The maximum absolute atomic E-state index is 10.5. The molecule has 0 radical (unpaired) electrons. The second-order valence-electron chi connectivity index (χ2n) is 5.17. The van der Waals surface area contributed by atoms with Gasteiger partial charge in [-0.3, -0.25) is 4.98 Å². The van der Waals surface area contributed by atoms with E-state index < -0.39 is 5.60 Å². The van der Waals surface area contributed by atoms with Crippen molar-refractivity contribution in [2.24, 2.45) is 5.92 Å². The van der Waals surface area contributed by atoms with Gasteiger partial charge in [-0.15, -0.1) is 0 Å². The van der Waals surface area contributed by atoms with E-state index in [2.05, 4.69) is 17.2 Å². The molecule has 0 aromatic carbocycles. The Morgan fingerprint density at radius 2 is 2.00 bits per heavy atom. The Balaban J connectivity index is 1.83. The van der Waals surface area contributed by atoms with Gasteiger partial charge in [0.1, 0.15) is 0 Å².